The van der Waals surface area contributed by atoms with Gasteiger partial charge in [-0.15, -0.1) is 0 Å². The van der Waals surface area contributed by atoms with Gasteiger partial charge in [0.15, 0.2) is 4.90 Å². The van der Waals surface area contributed by atoms with Crippen molar-refractivity contribution in [2.75, 3.05) is 13.1 Å². The van der Waals surface area contributed by atoms with E-state index in [9.17, 15) is 27.2 Å². The average Bonchev–Trinajstić information content (AvgIpc) is 2.66. The average molecular weight is 424 g/mol. The Balaban J connectivity index is 1.73. The second-order valence-electron chi connectivity index (χ2n) is 6.91. The van der Waals surface area contributed by atoms with Crippen molar-refractivity contribution in [1.29, 1.82) is 0 Å². The highest BCUT2D eigenvalue weighted by atomic mass is 32.2. The minimum Gasteiger partial charge on any atom is -0.352 e. The molecule has 3 rings (SSSR count). The number of hydrogen-bond acceptors (Lipinski definition) is 5. The fourth-order valence-electron chi connectivity index (χ4n) is 3.34. The van der Waals surface area contributed by atoms with Crippen LogP contribution in [0, 0.1) is 18.7 Å². The van der Waals surface area contributed by atoms with Crippen LogP contribution in [0.1, 0.15) is 24.1 Å². The number of H-pyrrole nitrogens is 2. The number of carbonyl (C=O) groups excluding carboxylic acids is 1. The quantitative estimate of drug-likeness (QED) is 0.632. The molecular formula is C18H21FN4O5S. The summed E-state index contributed by atoms with van der Waals surface area (Å²) in [6, 6.07) is 5.69. The number of carbonyl (C=O) groups is 1. The number of amides is 1. The van der Waals surface area contributed by atoms with Crippen molar-refractivity contribution in [2.24, 2.45) is 5.92 Å². The van der Waals surface area contributed by atoms with Crippen LogP contribution in [0.25, 0.3) is 0 Å². The number of nitrogens with zero attached hydrogens (tertiary/aromatic N) is 1. The first kappa shape index (κ1) is 20.9. The number of piperidine rings is 1. The molecule has 1 aliphatic rings. The largest absolute Gasteiger partial charge is 0.352 e. The molecule has 2 aromatic rings. The van der Waals surface area contributed by atoms with Gasteiger partial charge < -0.3 is 10.3 Å². The molecule has 29 heavy (non-hydrogen) atoms. The molecule has 9 nitrogen and oxygen atoms in total. The maximum atomic E-state index is 13.0. The first-order chi connectivity index (χ1) is 13.7. The second-order valence-corrected chi connectivity index (χ2v) is 8.78. The Morgan fingerprint density at radius 3 is 2.59 bits per heavy atom. The third kappa shape index (κ3) is 4.62. The molecule has 1 aliphatic heterocycles. The van der Waals surface area contributed by atoms with Crippen LogP contribution in [0.3, 0.4) is 0 Å². The Bertz CT molecular complexity index is 1120. The monoisotopic (exact) mass is 424 g/mol. The Morgan fingerprint density at radius 1 is 1.24 bits per heavy atom. The Morgan fingerprint density at radius 2 is 1.93 bits per heavy atom. The highest BCUT2D eigenvalue weighted by molar-refractivity contribution is 7.89. The molecule has 2 heterocycles. The summed E-state index contributed by atoms with van der Waals surface area (Å²) >= 11 is 0. The lowest BCUT2D eigenvalue weighted by Gasteiger charge is -2.31. The second kappa shape index (κ2) is 8.29. The molecule has 1 fully saturated rings. The smallest absolute Gasteiger partial charge is 0.325 e. The van der Waals surface area contributed by atoms with Gasteiger partial charge in [-0.25, -0.2) is 17.6 Å². The van der Waals surface area contributed by atoms with E-state index in [-0.39, 0.29) is 37.1 Å². The van der Waals surface area contributed by atoms with Crippen molar-refractivity contribution < 1.29 is 17.6 Å². The molecule has 3 N–H and O–H groups in total. The van der Waals surface area contributed by atoms with Gasteiger partial charge in [-0.1, -0.05) is 12.1 Å². The highest BCUT2D eigenvalue weighted by Crippen LogP contribution is 2.23. The predicted octanol–water partition coefficient (Wildman–Crippen LogP) is 0.228. The molecule has 1 aromatic carbocycles. The molecule has 0 unspecified atom stereocenters. The third-order valence-electron chi connectivity index (χ3n) is 4.81. The van der Waals surface area contributed by atoms with Gasteiger partial charge in [-0.2, -0.15) is 4.31 Å². The van der Waals surface area contributed by atoms with Crippen molar-refractivity contribution in [1.82, 2.24) is 19.6 Å². The first-order valence-electron chi connectivity index (χ1n) is 9.04. The summed E-state index contributed by atoms with van der Waals surface area (Å²) in [5.41, 5.74) is -1.12. The summed E-state index contributed by atoms with van der Waals surface area (Å²) in [7, 11) is -4.18. The number of nitrogens with one attached hydrogen (secondary N) is 3. The Kier molecular flexibility index (Phi) is 5.99. The van der Waals surface area contributed by atoms with Crippen LogP contribution in [0.15, 0.2) is 38.8 Å². The molecule has 0 bridgehead atoms. The maximum Gasteiger partial charge on any atom is 0.325 e. The topological polar surface area (TPSA) is 132 Å². The fourth-order valence-corrected chi connectivity index (χ4v) is 5.07. The zero-order chi connectivity index (χ0) is 21.2. The summed E-state index contributed by atoms with van der Waals surface area (Å²) < 4.78 is 39.9. The summed E-state index contributed by atoms with van der Waals surface area (Å²) in [4.78, 5) is 39.6. The van der Waals surface area contributed by atoms with Crippen LogP contribution < -0.4 is 16.6 Å². The maximum absolute atomic E-state index is 13.0. The van der Waals surface area contributed by atoms with Crippen molar-refractivity contribution in [3.8, 4) is 0 Å². The third-order valence-corrected chi connectivity index (χ3v) is 6.83. The molecule has 0 saturated carbocycles. The van der Waals surface area contributed by atoms with Gasteiger partial charge in [0.1, 0.15) is 5.82 Å². The number of rotatable bonds is 5. The van der Waals surface area contributed by atoms with E-state index in [4.69, 9.17) is 0 Å². The first-order valence-corrected chi connectivity index (χ1v) is 10.5. The minimum absolute atomic E-state index is 0.0540. The van der Waals surface area contributed by atoms with Gasteiger partial charge in [-0.3, -0.25) is 14.6 Å². The molecule has 0 radical (unpaired) electrons. The van der Waals surface area contributed by atoms with Crippen LogP contribution in [-0.4, -0.2) is 41.7 Å². The zero-order valence-corrected chi connectivity index (χ0v) is 16.5. The zero-order valence-electron chi connectivity index (χ0n) is 15.7. The van der Waals surface area contributed by atoms with E-state index in [1.54, 1.807) is 12.1 Å². The van der Waals surface area contributed by atoms with E-state index in [1.807, 2.05) is 4.98 Å². The molecule has 0 aliphatic carbocycles. The molecule has 1 aromatic heterocycles. The molecule has 11 heteroatoms. The van der Waals surface area contributed by atoms with Crippen LogP contribution >= 0.6 is 0 Å². The van der Waals surface area contributed by atoms with Crippen molar-refractivity contribution >= 4 is 15.9 Å². The van der Waals surface area contributed by atoms with Gasteiger partial charge in [0.05, 0.1) is 5.92 Å². The lowest BCUT2D eigenvalue weighted by Crippen LogP contribution is -2.46. The number of hydrogen-bond donors (Lipinski definition) is 3. The van der Waals surface area contributed by atoms with Gasteiger partial charge in [0, 0.05) is 25.3 Å². The van der Waals surface area contributed by atoms with Crippen LogP contribution in [0.5, 0.6) is 0 Å². The van der Waals surface area contributed by atoms with Gasteiger partial charge in [-0.05, 0) is 37.5 Å². The van der Waals surface area contributed by atoms with E-state index in [0.717, 1.165) is 9.87 Å². The summed E-state index contributed by atoms with van der Waals surface area (Å²) in [5, 5.41) is 2.73. The molecular weight excluding hydrogens is 403 g/mol. The summed E-state index contributed by atoms with van der Waals surface area (Å²) in [5.74, 6) is -1.27. The predicted molar refractivity (Wildman–Crippen MR) is 102 cm³/mol. The fraction of sp³-hybridized carbons (Fsp3) is 0.389. The highest BCUT2D eigenvalue weighted by Gasteiger charge is 2.35. The van der Waals surface area contributed by atoms with Crippen LogP contribution in [-0.2, 0) is 21.4 Å². The van der Waals surface area contributed by atoms with E-state index >= 15 is 0 Å². The summed E-state index contributed by atoms with van der Waals surface area (Å²) in [6.45, 7) is 1.62. The van der Waals surface area contributed by atoms with Crippen molar-refractivity contribution in [2.45, 2.75) is 31.2 Å². The van der Waals surface area contributed by atoms with E-state index in [0.29, 0.717) is 12.8 Å². The number of sulfonamides is 1. The Hall–Kier alpha value is -2.79. The number of aromatic nitrogens is 2. The SMILES string of the molecule is Cc1[nH]c(=O)[nH]c(=O)c1S(=O)(=O)N1CCC[C@H](C(=O)NCc2ccc(F)cc2)C1. The molecule has 1 saturated heterocycles. The van der Waals surface area contributed by atoms with Crippen LogP contribution in [0.2, 0.25) is 0 Å². The van der Waals surface area contributed by atoms with E-state index in [2.05, 4.69) is 10.3 Å². The lowest BCUT2D eigenvalue weighted by atomic mass is 9.99. The van der Waals surface area contributed by atoms with Gasteiger partial charge >= 0.3 is 5.69 Å². The number of aryl methyl sites for hydroxylation is 1. The molecule has 1 amide bonds. The summed E-state index contributed by atoms with van der Waals surface area (Å²) in [6.07, 6.45) is 0.955. The lowest BCUT2D eigenvalue weighted by molar-refractivity contribution is -0.126. The number of halogens is 1. The molecule has 1 atom stereocenters. The van der Waals surface area contributed by atoms with E-state index in [1.165, 1.54) is 19.1 Å². The van der Waals surface area contributed by atoms with Gasteiger partial charge in [0.2, 0.25) is 15.9 Å². The van der Waals surface area contributed by atoms with Crippen LogP contribution in [0.4, 0.5) is 4.39 Å². The normalized spacial score (nSPS) is 17.8. The minimum atomic E-state index is -4.18. The number of aromatic amines is 2. The molecule has 156 valence electrons. The van der Waals surface area contributed by atoms with Crippen molar-refractivity contribution in [3.05, 3.63) is 62.2 Å². The Labute approximate surface area is 166 Å². The number of benzene rings is 1. The van der Waals surface area contributed by atoms with Crippen molar-refractivity contribution in [3.63, 3.8) is 0 Å². The van der Waals surface area contributed by atoms with E-state index < -0.39 is 32.1 Å². The molecule has 0 spiro atoms. The van der Waals surface area contributed by atoms with Gasteiger partial charge in [0.25, 0.3) is 5.56 Å². The standard InChI is InChI=1S/C18H21FN4O5S/c1-11-15(17(25)22-18(26)21-11)29(27,28)23-8-2-3-13(10-23)16(24)20-9-12-4-6-14(19)7-5-12/h4-7,13H,2-3,8-10H2,1H3,(H,20,24)(H2,21,22,25,26)/t13-/m0/s1.